The van der Waals surface area contributed by atoms with Crippen molar-refractivity contribution in [1.82, 2.24) is 0 Å². The summed E-state index contributed by atoms with van der Waals surface area (Å²) in [6.07, 6.45) is 4.21. The van der Waals surface area contributed by atoms with Crippen molar-refractivity contribution in [2.75, 3.05) is 19.8 Å². The Bertz CT molecular complexity index is 123. The van der Waals surface area contributed by atoms with Crippen LogP contribution < -0.4 is 0 Å². The quantitative estimate of drug-likeness (QED) is 0.430. The summed E-state index contributed by atoms with van der Waals surface area (Å²) in [6, 6.07) is 0. The molecule has 0 spiro atoms. The van der Waals surface area contributed by atoms with Gasteiger partial charge < -0.3 is 9.47 Å². The van der Waals surface area contributed by atoms with Gasteiger partial charge in [-0.15, -0.1) is 0 Å². The van der Waals surface area contributed by atoms with Gasteiger partial charge in [-0.3, -0.25) is 0 Å². The van der Waals surface area contributed by atoms with Crippen molar-refractivity contribution >= 4 is 5.97 Å². The summed E-state index contributed by atoms with van der Waals surface area (Å²) < 4.78 is 9.80. The summed E-state index contributed by atoms with van der Waals surface area (Å²) in [5.41, 5.74) is 0. The van der Waals surface area contributed by atoms with Gasteiger partial charge >= 0.3 is 5.97 Å². The van der Waals surface area contributed by atoms with Crippen LogP contribution in [-0.2, 0) is 14.3 Å². The van der Waals surface area contributed by atoms with Crippen LogP contribution in [0.25, 0.3) is 0 Å². The van der Waals surface area contributed by atoms with Gasteiger partial charge in [-0.05, 0) is 13.3 Å². The molecule has 0 saturated carbocycles. The van der Waals surface area contributed by atoms with Crippen molar-refractivity contribution < 1.29 is 14.3 Å². The zero-order valence-corrected chi connectivity index (χ0v) is 8.38. The summed E-state index contributed by atoms with van der Waals surface area (Å²) in [5.74, 6) is -0.278. The highest BCUT2D eigenvalue weighted by molar-refractivity contribution is 5.70. The number of rotatable bonds is 8. The van der Waals surface area contributed by atoms with Gasteiger partial charge in [-0.2, -0.15) is 0 Å². The van der Waals surface area contributed by atoms with E-state index in [2.05, 4.69) is 6.92 Å². The first-order valence-electron chi connectivity index (χ1n) is 4.83. The Balaban J connectivity index is 3.02. The maximum absolute atomic E-state index is 10.8. The first-order valence-corrected chi connectivity index (χ1v) is 4.83. The number of carbonyl (C=O) groups is 1. The molecule has 0 amide bonds. The van der Waals surface area contributed by atoms with Crippen molar-refractivity contribution in [3.8, 4) is 0 Å². The van der Waals surface area contributed by atoms with Gasteiger partial charge in [0.05, 0.1) is 6.61 Å². The Morgan fingerprint density at radius 1 is 1.31 bits per heavy atom. The molecule has 0 N–H and O–H groups in total. The number of unbranched alkanes of at least 4 members (excludes halogenated alkanes) is 3. The monoisotopic (exact) mass is 187 g/mol. The molecular weight excluding hydrogens is 168 g/mol. The predicted molar refractivity (Wildman–Crippen MR) is 51.3 cm³/mol. The molecule has 0 aliphatic rings. The van der Waals surface area contributed by atoms with Crippen LogP contribution in [-0.4, -0.2) is 25.8 Å². The van der Waals surface area contributed by atoms with Crippen LogP contribution in [0.3, 0.4) is 0 Å². The number of hydrogen-bond donors (Lipinski definition) is 0. The zero-order valence-electron chi connectivity index (χ0n) is 8.38. The van der Waals surface area contributed by atoms with Crippen LogP contribution in [0, 0.1) is 6.92 Å². The minimum absolute atomic E-state index is 0.0816. The van der Waals surface area contributed by atoms with Crippen LogP contribution >= 0.6 is 0 Å². The van der Waals surface area contributed by atoms with Gasteiger partial charge in [-0.25, -0.2) is 4.79 Å². The van der Waals surface area contributed by atoms with Crippen LogP contribution in [0.15, 0.2) is 0 Å². The Kier molecular flexibility index (Phi) is 9.10. The molecule has 0 aromatic heterocycles. The van der Waals surface area contributed by atoms with Crippen LogP contribution in [0.4, 0.5) is 0 Å². The molecule has 0 fully saturated rings. The lowest BCUT2D eigenvalue weighted by atomic mass is 10.2. The first-order chi connectivity index (χ1) is 6.31. The zero-order chi connectivity index (χ0) is 9.94. The fraction of sp³-hybridized carbons (Fsp3) is 0.800. The second kappa shape index (κ2) is 9.52. The molecule has 3 nitrogen and oxygen atoms in total. The molecule has 0 rings (SSSR count). The summed E-state index contributed by atoms with van der Waals surface area (Å²) in [5, 5.41) is 0. The van der Waals surface area contributed by atoms with E-state index in [4.69, 9.17) is 9.47 Å². The lowest BCUT2D eigenvalue weighted by Gasteiger charge is -2.03. The molecular formula is C10H19O3. The third kappa shape index (κ3) is 9.34. The van der Waals surface area contributed by atoms with E-state index in [0.717, 1.165) is 25.7 Å². The fourth-order valence-electron chi connectivity index (χ4n) is 0.916. The maximum atomic E-state index is 10.8. The molecule has 0 aliphatic carbocycles. The van der Waals surface area contributed by atoms with Gasteiger partial charge in [-0.1, -0.05) is 26.2 Å². The van der Waals surface area contributed by atoms with Crippen molar-refractivity contribution in [3.05, 3.63) is 6.92 Å². The van der Waals surface area contributed by atoms with Crippen LogP contribution in [0.1, 0.15) is 32.6 Å². The minimum Gasteiger partial charge on any atom is -0.464 e. The topological polar surface area (TPSA) is 35.5 Å². The van der Waals surface area contributed by atoms with Crippen molar-refractivity contribution in [2.45, 2.75) is 32.6 Å². The fourth-order valence-corrected chi connectivity index (χ4v) is 0.916. The maximum Gasteiger partial charge on any atom is 0.332 e. The van der Waals surface area contributed by atoms with E-state index in [9.17, 15) is 4.79 Å². The molecule has 0 heterocycles. The van der Waals surface area contributed by atoms with Crippen LogP contribution in [0.5, 0.6) is 0 Å². The van der Waals surface area contributed by atoms with Gasteiger partial charge in [0.1, 0.15) is 6.61 Å². The van der Waals surface area contributed by atoms with E-state index in [1.54, 1.807) is 6.92 Å². The minimum atomic E-state index is -0.278. The second-order valence-corrected chi connectivity index (χ2v) is 2.77. The second-order valence-electron chi connectivity index (χ2n) is 2.77. The molecule has 0 aromatic carbocycles. The number of esters is 1. The van der Waals surface area contributed by atoms with E-state index < -0.39 is 0 Å². The lowest BCUT2D eigenvalue weighted by Crippen LogP contribution is -2.12. The Hall–Kier alpha value is -0.570. The van der Waals surface area contributed by atoms with Crippen molar-refractivity contribution in [2.24, 2.45) is 0 Å². The molecule has 13 heavy (non-hydrogen) atoms. The highest BCUT2D eigenvalue weighted by Crippen LogP contribution is 1.98. The Morgan fingerprint density at radius 3 is 2.69 bits per heavy atom. The summed E-state index contributed by atoms with van der Waals surface area (Å²) in [4.78, 5) is 10.8. The van der Waals surface area contributed by atoms with Crippen molar-refractivity contribution in [3.63, 3.8) is 0 Å². The van der Waals surface area contributed by atoms with Gasteiger partial charge in [0.15, 0.2) is 0 Å². The average molecular weight is 187 g/mol. The van der Waals surface area contributed by atoms with E-state index in [1.807, 2.05) is 0 Å². The molecule has 3 heteroatoms. The molecule has 0 aliphatic heterocycles. The van der Waals surface area contributed by atoms with Crippen LogP contribution in [0.2, 0.25) is 0 Å². The van der Waals surface area contributed by atoms with Crippen molar-refractivity contribution in [1.29, 1.82) is 0 Å². The van der Waals surface area contributed by atoms with E-state index in [1.165, 1.54) is 0 Å². The Labute approximate surface area is 80.4 Å². The highest BCUT2D eigenvalue weighted by Gasteiger charge is 1.99. The third-order valence-electron chi connectivity index (χ3n) is 1.56. The summed E-state index contributed by atoms with van der Waals surface area (Å²) >= 11 is 0. The summed E-state index contributed by atoms with van der Waals surface area (Å²) in [6.45, 7) is 6.66. The summed E-state index contributed by atoms with van der Waals surface area (Å²) in [7, 11) is 0. The van der Waals surface area contributed by atoms with Gasteiger partial charge in [0.2, 0.25) is 0 Å². The molecule has 0 unspecified atom stereocenters. The van der Waals surface area contributed by atoms with E-state index >= 15 is 0 Å². The molecule has 0 aromatic rings. The lowest BCUT2D eigenvalue weighted by molar-refractivity contribution is -0.148. The molecule has 77 valence electrons. The number of carbonyl (C=O) groups excluding carboxylic acids is 1. The predicted octanol–water partition coefficient (Wildman–Crippen LogP) is 1.96. The normalized spacial score (nSPS) is 10.0. The molecule has 0 atom stereocenters. The smallest absolute Gasteiger partial charge is 0.332 e. The third-order valence-corrected chi connectivity index (χ3v) is 1.56. The van der Waals surface area contributed by atoms with E-state index in [-0.39, 0.29) is 12.6 Å². The van der Waals surface area contributed by atoms with Gasteiger partial charge in [0.25, 0.3) is 0 Å². The van der Waals surface area contributed by atoms with E-state index in [0.29, 0.717) is 13.2 Å². The first kappa shape index (κ1) is 12.4. The largest absolute Gasteiger partial charge is 0.464 e. The molecule has 1 radical (unpaired) electrons. The highest BCUT2D eigenvalue weighted by atomic mass is 16.6. The number of ether oxygens (including phenoxy) is 2. The average Bonchev–Trinajstić information content (AvgIpc) is 2.11. The number of hydrogen-bond acceptors (Lipinski definition) is 3. The molecule has 0 saturated heterocycles. The SMILES string of the molecule is [CH2]CCCCCOCC(=O)OCC. The molecule has 0 bridgehead atoms. The Morgan fingerprint density at radius 2 is 2.08 bits per heavy atom. The standard InChI is InChI=1S/C10H19O3/c1-3-5-6-7-8-12-9-10(11)13-4-2/h1,3-9H2,2H3. The van der Waals surface area contributed by atoms with Gasteiger partial charge in [0, 0.05) is 6.61 Å².